The molecular formula is C14H16FMnN2O3-. The van der Waals surface area contributed by atoms with Crippen molar-refractivity contribution < 1.29 is 40.7 Å². The van der Waals surface area contributed by atoms with E-state index in [2.05, 4.69) is 6.92 Å². The number of fused-ring (bicyclic) bond motifs is 1. The monoisotopic (exact) mass is 334 g/mol. The van der Waals surface area contributed by atoms with Crippen LogP contribution in [0.3, 0.4) is 0 Å². The van der Waals surface area contributed by atoms with Gasteiger partial charge in [-0.25, -0.2) is 9.29 Å². The zero-order valence-electron chi connectivity index (χ0n) is 11.3. The molecule has 0 bridgehead atoms. The van der Waals surface area contributed by atoms with E-state index in [-0.39, 0.29) is 35.9 Å². The van der Waals surface area contributed by atoms with E-state index in [0.29, 0.717) is 17.0 Å². The Morgan fingerprint density at radius 1 is 1.48 bits per heavy atom. The Kier molecular flexibility index (Phi) is 6.20. The van der Waals surface area contributed by atoms with Crippen molar-refractivity contribution in [3.05, 3.63) is 48.5 Å². The third-order valence-corrected chi connectivity index (χ3v) is 3.15. The molecule has 1 heterocycles. The molecule has 0 saturated carbocycles. The summed E-state index contributed by atoms with van der Waals surface area (Å²) in [6.45, 7) is 4.26. The van der Waals surface area contributed by atoms with Gasteiger partial charge in [-0.05, 0) is 12.2 Å². The molecule has 0 spiro atoms. The molecule has 0 aliphatic carbocycles. The molecule has 21 heavy (non-hydrogen) atoms. The van der Waals surface area contributed by atoms with E-state index < -0.39 is 18.1 Å². The van der Waals surface area contributed by atoms with E-state index in [1.54, 1.807) is 12.1 Å². The minimum atomic E-state index is -0.684. The molecule has 7 heteroatoms. The van der Waals surface area contributed by atoms with E-state index >= 15 is 0 Å². The number of hydrogen-bond acceptors (Lipinski definition) is 3. The molecule has 3 N–H and O–H groups in total. The van der Waals surface area contributed by atoms with Crippen LogP contribution >= 0.6 is 0 Å². The van der Waals surface area contributed by atoms with Crippen molar-refractivity contribution in [2.75, 3.05) is 0 Å². The normalized spacial score (nSPS) is 17.3. The largest absolute Gasteiger partial charge is 0.512 e. The number of quaternary nitrogens is 1. The van der Waals surface area contributed by atoms with Crippen LogP contribution in [0.25, 0.3) is 0 Å². The molecule has 0 saturated heterocycles. The first kappa shape index (κ1) is 17.5. The topological polar surface area (TPSA) is 73.8 Å². The Morgan fingerprint density at radius 3 is 2.81 bits per heavy atom. The summed E-state index contributed by atoms with van der Waals surface area (Å²) >= 11 is 0. The van der Waals surface area contributed by atoms with Gasteiger partial charge in [-0.1, -0.05) is 12.1 Å². The third kappa shape index (κ3) is 4.46. The fourth-order valence-corrected chi connectivity index (χ4v) is 2.15. The number of hydrogen-bond donors (Lipinski definition) is 2. The Bertz CT molecular complexity index is 539. The second-order valence-corrected chi connectivity index (χ2v) is 4.70. The van der Waals surface area contributed by atoms with Crippen LogP contribution < -0.4 is 10.6 Å². The van der Waals surface area contributed by atoms with Gasteiger partial charge in [-0.15, -0.1) is 0 Å². The summed E-state index contributed by atoms with van der Waals surface area (Å²) in [6.07, 6.45) is 0.184. The van der Waals surface area contributed by atoms with Crippen molar-refractivity contribution in [3.8, 4) is 0 Å². The number of benzene rings is 1. The first-order chi connectivity index (χ1) is 9.47. The zero-order valence-corrected chi connectivity index (χ0v) is 12.5. The summed E-state index contributed by atoms with van der Waals surface area (Å²) in [5.74, 6) is -0.892. The Hall–Kier alpha value is -1.56. The van der Waals surface area contributed by atoms with Crippen LogP contribution in [0, 0.1) is 19.2 Å². The van der Waals surface area contributed by atoms with Gasteiger partial charge in [0.25, 0.3) is 0 Å². The van der Waals surface area contributed by atoms with Crippen LogP contribution in [-0.4, -0.2) is 18.1 Å². The number of rotatable bonds is 4. The quantitative estimate of drug-likeness (QED) is 0.608. The average molecular weight is 334 g/mol. The number of carbonyl (C=O) groups excluding carboxylic acids is 2. The number of primary amides is 1. The van der Waals surface area contributed by atoms with Crippen LogP contribution in [0.5, 0.6) is 0 Å². The molecule has 1 aromatic rings. The first-order valence-corrected chi connectivity index (χ1v) is 6.25. The van der Waals surface area contributed by atoms with E-state index in [4.69, 9.17) is 10.5 Å². The van der Waals surface area contributed by atoms with Gasteiger partial charge < -0.3 is 28.6 Å². The summed E-state index contributed by atoms with van der Waals surface area (Å²) in [6, 6.07) is 4.79. The van der Waals surface area contributed by atoms with Crippen molar-refractivity contribution >= 4 is 12.0 Å². The van der Waals surface area contributed by atoms with Gasteiger partial charge >= 0.3 is 6.09 Å². The molecule has 0 fully saturated rings. The second-order valence-electron chi connectivity index (χ2n) is 4.70. The Labute approximate surface area is 133 Å². The average Bonchev–Trinajstić information content (AvgIpc) is 2.82. The molecule has 2 amide bonds. The molecule has 5 nitrogen and oxygen atoms in total. The number of nitrogens with two attached hydrogens (primary N) is 1. The molecule has 115 valence electrons. The smallest absolute Gasteiger partial charge is 0.452 e. The van der Waals surface area contributed by atoms with Crippen molar-refractivity contribution in [1.82, 2.24) is 0 Å². The van der Waals surface area contributed by atoms with Gasteiger partial charge in [-0.3, -0.25) is 0 Å². The SMILES string of the molecule is [CH2-][C@@H](C[CH-]C(N)=O)OC(=O)[NH+]1Cc2cccc(F)c2C1.[Mn]. The first-order valence-electron chi connectivity index (χ1n) is 6.25. The van der Waals surface area contributed by atoms with Gasteiger partial charge in [0.1, 0.15) is 18.9 Å². The van der Waals surface area contributed by atoms with E-state index in [0.717, 1.165) is 5.56 Å². The summed E-state index contributed by atoms with van der Waals surface area (Å²) in [4.78, 5) is 23.0. The number of ether oxygens (including phenoxy) is 1. The van der Waals surface area contributed by atoms with Gasteiger partial charge in [0, 0.05) is 22.6 Å². The number of alkyl carbamates (subject to hydrolysis) is 2. The number of amides is 2. The van der Waals surface area contributed by atoms with Crippen molar-refractivity contribution in [3.63, 3.8) is 0 Å². The summed E-state index contributed by atoms with van der Waals surface area (Å²) < 4.78 is 18.7. The molecule has 1 radical (unpaired) electrons. The van der Waals surface area contributed by atoms with Crippen LogP contribution in [0.1, 0.15) is 17.5 Å². The molecule has 2 rings (SSSR count). The predicted molar refractivity (Wildman–Crippen MR) is 68.5 cm³/mol. The molecule has 1 aliphatic heterocycles. The minimum Gasteiger partial charge on any atom is -0.452 e. The van der Waals surface area contributed by atoms with Crippen LogP contribution in [0.2, 0.25) is 0 Å². The predicted octanol–water partition coefficient (Wildman–Crippen LogP) is 0.141. The van der Waals surface area contributed by atoms with Gasteiger partial charge in [0.05, 0.1) is 11.5 Å². The zero-order chi connectivity index (χ0) is 14.7. The number of nitrogens with one attached hydrogen (secondary N) is 1. The standard InChI is InChI=1S/C14H15FN2O3.Mn/c1-9(5-6-13(16)18)20-14(19)17-7-10-3-2-4-12(15)11(10)8-17;/h2-4,6,9H,1,5,7-8H2,(H2,16,18);/q-2;/p+1/t9-;/m0./s1. The van der Waals surface area contributed by atoms with Crippen molar-refractivity contribution in [1.29, 1.82) is 0 Å². The molecule has 1 unspecified atom stereocenters. The molecule has 1 aromatic carbocycles. The Morgan fingerprint density at radius 2 is 2.19 bits per heavy atom. The van der Waals surface area contributed by atoms with E-state index in [1.165, 1.54) is 12.5 Å². The molecule has 0 aromatic heterocycles. The summed E-state index contributed by atoms with van der Waals surface area (Å²) in [5, 5.41) is 0. The molecule has 2 atom stereocenters. The molecular weight excluding hydrogens is 318 g/mol. The van der Waals surface area contributed by atoms with Crippen LogP contribution in [-0.2, 0) is 39.7 Å². The summed E-state index contributed by atoms with van der Waals surface area (Å²) in [5.41, 5.74) is 6.31. The van der Waals surface area contributed by atoms with E-state index in [9.17, 15) is 14.0 Å². The van der Waals surface area contributed by atoms with Gasteiger partial charge in [-0.2, -0.15) is 11.2 Å². The van der Waals surface area contributed by atoms with Crippen LogP contribution in [0.4, 0.5) is 9.18 Å². The van der Waals surface area contributed by atoms with E-state index in [1.807, 2.05) is 0 Å². The maximum Gasteiger partial charge on any atom is 0.512 e. The fraction of sp³-hybridized carbons (Fsp3) is 0.286. The Balaban J connectivity index is 0.00000220. The maximum atomic E-state index is 13.6. The fourth-order valence-electron chi connectivity index (χ4n) is 2.15. The van der Waals surface area contributed by atoms with Crippen molar-refractivity contribution in [2.45, 2.75) is 25.6 Å². The molecule has 1 aliphatic rings. The van der Waals surface area contributed by atoms with Crippen molar-refractivity contribution in [2.24, 2.45) is 5.73 Å². The van der Waals surface area contributed by atoms with Gasteiger partial charge in [0.15, 0.2) is 0 Å². The van der Waals surface area contributed by atoms with Gasteiger partial charge in [0.2, 0.25) is 0 Å². The number of carbonyl (C=O) groups is 2. The summed E-state index contributed by atoms with van der Waals surface area (Å²) in [7, 11) is 0. The third-order valence-electron chi connectivity index (χ3n) is 3.15. The minimum absolute atomic E-state index is 0. The number of halogens is 1. The van der Waals surface area contributed by atoms with Crippen LogP contribution in [0.15, 0.2) is 18.2 Å². The second kappa shape index (κ2) is 7.45. The maximum absolute atomic E-state index is 13.6.